The first-order valence-corrected chi connectivity index (χ1v) is 15.7. The van der Waals surface area contributed by atoms with Crippen molar-refractivity contribution in [3.8, 4) is 0 Å². The van der Waals surface area contributed by atoms with Crippen LogP contribution in [0, 0.1) is 0 Å². The molecule has 0 spiro atoms. The molecule has 43 heavy (non-hydrogen) atoms. The van der Waals surface area contributed by atoms with Crippen LogP contribution in [0.15, 0.2) is 48.5 Å². The molecule has 1 atom stereocenters. The first-order chi connectivity index (χ1) is 21.0. The van der Waals surface area contributed by atoms with Gasteiger partial charge in [0.2, 0.25) is 5.91 Å². The number of hydrogen-bond donors (Lipinski definition) is 0. The lowest BCUT2D eigenvalue weighted by molar-refractivity contribution is -0.131. The Hall–Kier alpha value is -1.79. The van der Waals surface area contributed by atoms with Crippen molar-refractivity contribution < 1.29 is 28.5 Å². The smallest absolute Gasteiger partial charge is 0.227 e. The van der Waals surface area contributed by atoms with Crippen LogP contribution in [0.2, 0.25) is 10.0 Å². The minimum absolute atomic E-state index is 0.0443. The van der Waals surface area contributed by atoms with E-state index in [2.05, 4.69) is 21.9 Å². The molecule has 2 aromatic carbocycles. The first-order valence-electron chi connectivity index (χ1n) is 15.0. The Morgan fingerprint density at radius 3 is 1.91 bits per heavy atom. The molecule has 1 fully saturated rings. The number of carbonyl (C=O) groups is 1. The van der Waals surface area contributed by atoms with Crippen molar-refractivity contribution in [1.29, 1.82) is 0 Å². The van der Waals surface area contributed by atoms with Gasteiger partial charge in [0.05, 0.1) is 82.0 Å². The molecule has 1 amide bonds. The van der Waals surface area contributed by atoms with Crippen molar-refractivity contribution in [1.82, 2.24) is 14.7 Å². The van der Waals surface area contributed by atoms with E-state index in [4.69, 9.17) is 46.9 Å². The van der Waals surface area contributed by atoms with E-state index in [1.165, 1.54) is 0 Å². The highest BCUT2D eigenvalue weighted by Crippen LogP contribution is 2.25. The summed E-state index contributed by atoms with van der Waals surface area (Å²) < 4.78 is 27.1. The lowest BCUT2D eigenvalue weighted by atomic mass is 10.0. The number of methoxy groups -OCH3 is 1. The number of amides is 1. The number of likely N-dealkylation sites (N-methyl/N-ethyl adjacent to an activating group) is 1. The minimum atomic E-state index is -0.0500. The predicted octanol–water partition coefficient (Wildman–Crippen LogP) is 4.07. The van der Waals surface area contributed by atoms with Gasteiger partial charge in [0.15, 0.2) is 0 Å². The van der Waals surface area contributed by atoms with E-state index in [1.807, 2.05) is 36.2 Å². The quantitative estimate of drug-likeness (QED) is 0.189. The normalized spacial score (nSPS) is 15.1. The third-order valence-corrected chi connectivity index (χ3v) is 8.12. The molecule has 1 aliphatic heterocycles. The van der Waals surface area contributed by atoms with Crippen LogP contribution in [0.3, 0.4) is 0 Å². The summed E-state index contributed by atoms with van der Waals surface area (Å²) in [5, 5.41) is 0.949. The van der Waals surface area contributed by atoms with Gasteiger partial charge in [0.25, 0.3) is 0 Å². The maximum absolute atomic E-state index is 13.3. The second kappa shape index (κ2) is 21.0. The second-order valence-corrected chi connectivity index (χ2v) is 11.3. The highest BCUT2D eigenvalue weighted by molar-refractivity contribution is 6.42. The Balaban J connectivity index is 1.31. The highest BCUT2D eigenvalue weighted by atomic mass is 35.5. The molecule has 0 bridgehead atoms. The molecule has 0 unspecified atom stereocenters. The Morgan fingerprint density at radius 2 is 1.33 bits per heavy atom. The fourth-order valence-electron chi connectivity index (χ4n) is 4.79. The van der Waals surface area contributed by atoms with E-state index in [1.54, 1.807) is 19.2 Å². The highest BCUT2D eigenvalue weighted by Gasteiger charge is 2.26. The SMILES string of the molecule is COCCOCCOCCOCCOCCN1CCN(C[C@H](c2ccccc2)N(C)C(=O)Cc2ccc(Cl)c(Cl)c2)CC1. The van der Waals surface area contributed by atoms with Crippen LogP contribution >= 0.6 is 23.2 Å². The lowest BCUT2D eigenvalue weighted by Crippen LogP contribution is -2.50. The van der Waals surface area contributed by atoms with E-state index in [0.29, 0.717) is 69.5 Å². The number of ether oxygens (including phenoxy) is 5. The molecule has 0 saturated carbocycles. The first kappa shape index (κ1) is 35.7. The summed E-state index contributed by atoms with van der Waals surface area (Å²) in [6, 6.07) is 15.6. The van der Waals surface area contributed by atoms with Crippen molar-refractivity contribution in [2.75, 3.05) is 113 Å². The minimum Gasteiger partial charge on any atom is -0.382 e. The van der Waals surface area contributed by atoms with E-state index in [9.17, 15) is 4.79 Å². The van der Waals surface area contributed by atoms with Crippen LogP contribution in [-0.2, 0) is 34.9 Å². The Labute approximate surface area is 266 Å². The third-order valence-electron chi connectivity index (χ3n) is 7.38. The van der Waals surface area contributed by atoms with Gasteiger partial charge in [0.1, 0.15) is 0 Å². The summed E-state index contributed by atoms with van der Waals surface area (Å²) in [6.45, 7) is 10.7. The van der Waals surface area contributed by atoms with E-state index in [-0.39, 0.29) is 18.4 Å². The zero-order valence-electron chi connectivity index (χ0n) is 25.6. The average molecular weight is 641 g/mol. The van der Waals surface area contributed by atoms with Gasteiger partial charge in [-0.1, -0.05) is 59.6 Å². The molecular weight excluding hydrogens is 593 g/mol. The fourth-order valence-corrected chi connectivity index (χ4v) is 5.11. The summed E-state index contributed by atoms with van der Waals surface area (Å²) >= 11 is 12.2. The predicted molar refractivity (Wildman–Crippen MR) is 170 cm³/mol. The van der Waals surface area contributed by atoms with Gasteiger partial charge in [0, 0.05) is 53.4 Å². The van der Waals surface area contributed by atoms with Crippen LogP contribution in [0.5, 0.6) is 0 Å². The lowest BCUT2D eigenvalue weighted by Gasteiger charge is -2.38. The summed E-state index contributed by atoms with van der Waals surface area (Å²) in [4.78, 5) is 20.1. The molecule has 2 aromatic rings. The van der Waals surface area contributed by atoms with Crippen molar-refractivity contribution in [2.45, 2.75) is 12.5 Å². The summed E-state index contributed by atoms with van der Waals surface area (Å²) in [6.07, 6.45) is 0.272. The molecular formula is C32H47Cl2N3O6. The number of carbonyl (C=O) groups excluding carboxylic acids is 1. The Bertz CT molecular complexity index is 1040. The fraction of sp³-hybridized carbons (Fsp3) is 0.594. The summed E-state index contributed by atoms with van der Waals surface area (Å²) in [5.74, 6) is 0.0443. The molecule has 240 valence electrons. The van der Waals surface area contributed by atoms with Crippen molar-refractivity contribution in [2.24, 2.45) is 0 Å². The zero-order chi connectivity index (χ0) is 30.7. The van der Waals surface area contributed by atoms with Crippen LogP contribution in [0.25, 0.3) is 0 Å². The number of nitrogens with zero attached hydrogens (tertiary/aromatic N) is 3. The van der Waals surface area contributed by atoms with Crippen LogP contribution < -0.4 is 0 Å². The van der Waals surface area contributed by atoms with Gasteiger partial charge in [-0.3, -0.25) is 14.6 Å². The molecule has 1 heterocycles. The monoisotopic (exact) mass is 639 g/mol. The van der Waals surface area contributed by atoms with Gasteiger partial charge in [-0.2, -0.15) is 0 Å². The molecule has 1 saturated heterocycles. The third kappa shape index (κ3) is 13.8. The topological polar surface area (TPSA) is 72.9 Å². The standard InChI is InChI=1S/C32H47Cl2N3O6/c1-35(32(38)25-27-8-9-29(33)30(34)24-27)31(28-6-4-3-5-7-28)26-37-12-10-36(11-13-37)14-15-40-18-19-42-22-23-43-21-20-41-17-16-39-2/h3-9,24,31H,10-23,25-26H2,1-2H3/t31-/m1/s1. The summed E-state index contributed by atoms with van der Waals surface area (Å²) in [7, 11) is 3.54. The van der Waals surface area contributed by atoms with Crippen LogP contribution in [0.1, 0.15) is 17.2 Å². The van der Waals surface area contributed by atoms with Gasteiger partial charge in [-0.05, 0) is 23.3 Å². The molecule has 0 radical (unpaired) electrons. The maximum atomic E-state index is 13.3. The van der Waals surface area contributed by atoms with Gasteiger partial charge in [-0.15, -0.1) is 0 Å². The zero-order valence-corrected chi connectivity index (χ0v) is 27.1. The van der Waals surface area contributed by atoms with Crippen molar-refractivity contribution >= 4 is 29.1 Å². The van der Waals surface area contributed by atoms with Gasteiger partial charge < -0.3 is 28.6 Å². The molecule has 11 heteroatoms. The van der Waals surface area contributed by atoms with Crippen LogP contribution in [-0.4, -0.2) is 133 Å². The van der Waals surface area contributed by atoms with Crippen molar-refractivity contribution in [3.63, 3.8) is 0 Å². The molecule has 3 rings (SSSR count). The molecule has 9 nitrogen and oxygen atoms in total. The van der Waals surface area contributed by atoms with E-state index in [0.717, 1.165) is 50.4 Å². The largest absolute Gasteiger partial charge is 0.382 e. The average Bonchev–Trinajstić information content (AvgIpc) is 3.02. The van der Waals surface area contributed by atoms with E-state index >= 15 is 0 Å². The number of benzene rings is 2. The number of hydrogen-bond acceptors (Lipinski definition) is 8. The van der Waals surface area contributed by atoms with Crippen LogP contribution in [0.4, 0.5) is 0 Å². The molecule has 1 aliphatic rings. The second-order valence-electron chi connectivity index (χ2n) is 10.4. The molecule has 0 N–H and O–H groups in total. The molecule has 0 aromatic heterocycles. The number of halogens is 2. The Kier molecular flexibility index (Phi) is 17.5. The van der Waals surface area contributed by atoms with Gasteiger partial charge in [-0.25, -0.2) is 0 Å². The van der Waals surface area contributed by atoms with Crippen molar-refractivity contribution in [3.05, 3.63) is 69.7 Å². The summed E-state index contributed by atoms with van der Waals surface area (Å²) in [5.41, 5.74) is 1.98. The van der Waals surface area contributed by atoms with E-state index < -0.39 is 0 Å². The Morgan fingerprint density at radius 1 is 0.767 bits per heavy atom. The molecule has 0 aliphatic carbocycles. The number of rotatable bonds is 21. The van der Waals surface area contributed by atoms with Gasteiger partial charge >= 0.3 is 0 Å². The number of piperazine rings is 1. The maximum Gasteiger partial charge on any atom is 0.227 e.